The second-order valence-electron chi connectivity index (χ2n) is 4.07. The molecule has 7 heteroatoms. The van der Waals surface area contributed by atoms with Gasteiger partial charge in [-0.05, 0) is 31.0 Å². The van der Waals surface area contributed by atoms with Crippen molar-refractivity contribution >= 4 is 31.9 Å². The Kier molecular flexibility index (Phi) is 3.74. The summed E-state index contributed by atoms with van der Waals surface area (Å²) in [6.45, 7) is 0.256. The molecule has 0 saturated carbocycles. The number of carboxylic acids is 1. The van der Waals surface area contributed by atoms with Gasteiger partial charge in [-0.2, -0.15) is 4.31 Å². The molecule has 18 heavy (non-hydrogen) atoms. The third-order valence-corrected chi connectivity index (χ3v) is 5.29. The first-order valence-corrected chi connectivity index (χ1v) is 7.66. The Morgan fingerprint density at radius 2 is 2.17 bits per heavy atom. The summed E-state index contributed by atoms with van der Waals surface area (Å²) in [5.41, 5.74) is 0. The second-order valence-corrected chi connectivity index (χ2v) is 6.88. The first-order valence-electron chi connectivity index (χ1n) is 5.43. The lowest BCUT2D eigenvalue weighted by atomic mass is 10.2. The molecule has 0 spiro atoms. The highest BCUT2D eigenvalue weighted by molar-refractivity contribution is 9.10. The van der Waals surface area contributed by atoms with Crippen molar-refractivity contribution in [2.45, 2.75) is 23.8 Å². The summed E-state index contributed by atoms with van der Waals surface area (Å²) in [6, 6.07) is 5.33. The number of halogens is 1. The van der Waals surface area contributed by atoms with Crippen LogP contribution in [0, 0.1) is 0 Å². The fourth-order valence-electron chi connectivity index (χ4n) is 2.04. The lowest BCUT2D eigenvalue weighted by Crippen LogP contribution is -2.40. The molecule has 0 bridgehead atoms. The van der Waals surface area contributed by atoms with Gasteiger partial charge in [-0.15, -0.1) is 0 Å². The van der Waals surface area contributed by atoms with Crippen LogP contribution in [0.2, 0.25) is 0 Å². The summed E-state index contributed by atoms with van der Waals surface area (Å²) in [6.07, 6.45) is 0.937. The highest BCUT2D eigenvalue weighted by Gasteiger charge is 2.39. The van der Waals surface area contributed by atoms with Crippen molar-refractivity contribution in [3.8, 4) is 0 Å². The number of aliphatic carboxylic acids is 1. The van der Waals surface area contributed by atoms with Gasteiger partial charge in [0.05, 0.1) is 4.90 Å². The van der Waals surface area contributed by atoms with Crippen LogP contribution in [-0.4, -0.2) is 36.4 Å². The maximum Gasteiger partial charge on any atom is 0.322 e. The normalized spacial score (nSPS) is 21.1. The summed E-state index contributed by atoms with van der Waals surface area (Å²) in [4.78, 5) is 11.2. The van der Waals surface area contributed by atoms with Gasteiger partial charge < -0.3 is 5.11 Å². The van der Waals surface area contributed by atoms with Gasteiger partial charge in [-0.3, -0.25) is 4.79 Å². The van der Waals surface area contributed by atoms with Crippen LogP contribution in [0.5, 0.6) is 0 Å². The predicted molar refractivity (Wildman–Crippen MR) is 68.7 cm³/mol. The van der Waals surface area contributed by atoms with Crippen LogP contribution in [0.4, 0.5) is 0 Å². The molecule has 1 aliphatic heterocycles. The highest BCUT2D eigenvalue weighted by Crippen LogP contribution is 2.27. The van der Waals surface area contributed by atoms with Crippen molar-refractivity contribution in [2.75, 3.05) is 6.54 Å². The average Bonchev–Trinajstić information content (AvgIpc) is 2.78. The third-order valence-electron chi connectivity index (χ3n) is 2.89. The molecule has 0 aliphatic carbocycles. The van der Waals surface area contributed by atoms with Gasteiger partial charge in [0.25, 0.3) is 0 Å². The van der Waals surface area contributed by atoms with E-state index in [1.807, 2.05) is 0 Å². The van der Waals surface area contributed by atoms with E-state index in [1.165, 1.54) is 12.1 Å². The number of carboxylic acid groups (broad SMARTS) is 1. The largest absolute Gasteiger partial charge is 0.480 e. The van der Waals surface area contributed by atoms with E-state index in [4.69, 9.17) is 5.11 Å². The molecular weight excluding hydrogens is 322 g/mol. The van der Waals surface area contributed by atoms with Crippen molar-refractivity contribution in [3.63, 3.8) is 0 Å². The predicted octanol–water partition coefficient (Wildman–Crippen LogP) is 1.69. The summed E-state index contributed by atoms with van der Waals surface area (Å²) in [7, 11) is -3.73. The van der Waals surface area contributed by atoms with E-state index in [-0.39, 0.29) is 11.4 Å². The average molecular weight is 334 g/mol. The van der Waals surface area contributed by atoms with Crippen LogP contribution in [-0.2, 0) is 14.8 Å². The molecule has 1 atom stereocenters. The van der Waals surface area contributed by atoms with Crippen LogP contribution in [0.25, 0.3) is 0 Å². The van der Waals surface area contributed by atoms with Gasteiger partial charge in [0.1, 0.15) is 6.04 Å². The van der Waals surface area contributed by atoms with Crippen LogP contribution in [0.1, 0.15) is 12.8 Å². The molecule has 0 radical (unpaired) electrons. The topological polar surface area (TPSA) is 74.7 Å². The zero-order valence-electron chi connectivity index (χ0n) is 9.41. The van der Waals surface area contributed by atoms with Gasteiger partial charge in [0.15, 0.2) is 0 Å². The highest BCUT2D eigenvalue weighted by atomic mass is 79.9. The van der Waals surface area contributed by atoms with E-state index in [9.17, 15) is 13.2 Å². The summed E-state index contributed by atoms with van der Waals surface area (Å²) in [5, 5.41) is 9.03. The van der Waals surface area contributed by atoms with Crippen LogP contribution in [0.15, 0.2) is 33.6 Å². The molecule has 0 aromatic heterocycles. The minimum atomic E-state index is -3.73. The Morgan fingerprint density at radius 1 is 1.44 bits per heavy atom. The molecule has 0 unspecified atom stereocenters. The summed E-state index contributed by atoms with van der Waals surface area (Å²) < 4.78 is 26.4. The number of hydrogen-bond donors (Lipinski definition) is 1. The number of nitrogens with zero attached hydrogens (tertiary/aromatic N) is 1. The van der Waals surface area contributed by atoms with Gasteiger partial charge in [0, 0.05) is 11.0 Å². The molecule has 1 aromatic rings. The number of benzene rings is 1. The van der Waals surface area contributed by atoms with E-state index in [0.29, 0.717) is 17.3 Å². The Labute approximate surface area is 114 Å². The standard InChI is InChI=1S/C11H12BrNO4S/c12-8-3-1-4-9(7-8)18(16,17)13-6-2-5-10(13)11(14)15/h1,3-4,7,10H,2,5-6H2,(H,14,15)/t10-/m1/s1. The van der Waals surface area contributed by atoms with E-state index in [2.05, 4.69) is 15.9 Å². The molecule has 0 amide bonds. The Bertz CT molecular complexity index is 572. The van der Waals surface area contributed by atoms with Crippen LogP contribution >= 0.6 is 15.9 Å². The van der Waals surface area contributed by atoms with Gasteiger partial charge >= 0.3 is 5.97 Å². The summed E-state index contributed by atoms with van der Waals surface area (Å²) in [5.74, 6) is -1.09. The Hall–Kier alpha value is -0.920. The molecular formula is C11H12BrNO4S. The maximum absolute atomic E-state index is 12.3. The van der Waals surface area contributed by atoms with Crippen LogP contribution < -0.4 is 0 Å². The van der Waals surface area contributed by atoms with Crippen molar-refractivity contribution in [1.82, 2.24) is 4.31 Å². The summed E-state index contributed by atoms with van der Waals surface area (Å²) >= 11 is 3.21. The molecule has 1 aromatic carbocycles. The molecule has 1 heterocycles. The SMILES string of the molecule is O=C(O)[C@H]1CCCN1S(=O)(=O)c1cccc(Br)c1. The van der Waals surface area contributed by atoms with E-state index in [1.54, 1.807) is 12.1 Å². The molecule has 98 valence electrons. The van der Waals surface area contributed by atoms with Gasteiger partial charge in [-0.1, -0.05) is 22.0 Å². The van der Waals surface area contributed by atoms with Crippen molar-refractivity contribution in [2.24, 2.45) is 0 Å². The molecule has 1 saturated heterocycles. The molecule has 1 N–H and O–H groups in total. The Morgan fingerprint density at radius 3 is 2.78 bits per heavy atom. The lowest BCUT2D eigenvalue weighted by Gasteiger charge is -2.20. The van der Waals surface area contributed by atoms with Crippen molar-refractivity contribution in [3.05, 3.63) is 28.7 Å². The number of rotatable bonds is 3. The van der Waals surface area contributed by atoms with E-state index >= 15 is 0 Å². The number of sulfonamides is 1. The monoisotopic (exact) mass is 333 g/mol. The second kappa shape index (κ2) is 4.99. The van der Waals surface area contributed by atoms with Crippen LogP contribution in [0.3, 0.4) is 0 Å². The third kappa shape index (κ3) is 2.43. The fraction of sp³-hybridized carbons (Fsp3) is 0.364. The number of hydrogen-bond acceptors (Lipinski definition) is 3. The van der Waals surface area contributed by atoms with E-state index < -0.39 is 22.0 Å². The van der Waals surface area contributed by atoms with Crippen molar-refractivity contribution in [1.29, 1.82) is 0 Å². The molecule has 2 rings (SSSR count). The van der Waals surface area contributed by atoms with Crippen molar-refractivity contribution < 1.29 is 18.3 Å². The molecule has 1 fully saturated rings. The molecule has 1 aliphatic rings. The van der Waals surface area contributed by atoms with E-state index in [0.717, 1.165) is 4.31 Å². The Balaban J connectivity index is 2.40. The minimum absolute atomic E-state index is 0.116. The first-order chi connectivity index (χ1) is 8.43. The number of carbonyl (C=O) groups is 1. The lowest BCUT2D eigenvalue weighted by molar-refractivity contribution is -0.140. The minimum Gasteiger partial charge on any atom is -0.480 e. The zero-order chi connectivity index (χ0) is 13.3. The molecule has 5 nitrogen and oxygen atoms in total. The first kappa shape index (κ1) is 13.5. The van der Waals surface area contributed by atoms with Gasteiger partial charge in [0.2, 0.25) is 10.0 Å². The van der Waals surface area contributed by atoms with Gasteiger partial charge in [-0.25, -0.2) is 8.42 Å². The quantitative estimate of drug-likeness (QED) is 0.913. The smallest absolute Gasteiger partial charge is 0.322 e. The zero-order valence-corrected chi connectivity index (χ0v) is 11.8. The maximum atomic E-state index is 12.3. The fourth-order valence-corrected chi connectivity index (χ4v) is 4.29.